The maximum Gasteiger partial charge on any atom is 0.160 e. The summed E-state index contributed by atoms with van der Waals surface area (Å²) >= 11 is 2.39. The van der Waals surface area contributed by atoms with E-state index >= 15 is 0 Å². The van der Waals surface area contributed by atoms with Crippen LogP contribution in [0.2, 0.25) is 0 Å². The molecule has 4 rings (SSSR count). The van der Waals surface area contributed by atoms with E-state index in [1.54, 1.807) is 0 Å². The van der Waals surface area contributed by atoms with Crippen molar-refractivity contribution in [3.8, 4) is 22.5 Å². The zero-order valence-corrected chi connectivity index (χ0v) is 23.2. The molecule has 0 spiro atoms. The first-order valence-corrected chi connectivity index (χ1v) is 14.0. The second-order valence-corrected chi connectivity index (χ2v) is 10.0. The van der Waals surface area contributed by atoms with Gasteiger partial charge in [-0.1, -0.05) is 106 Å². The number of aryl methyl sites for hydroxylation is 2. The highest BCUT2D eigenvalue weighted by atomic mass is 127. The number of aromatic nitrogens is 2. The van der Waals surface area contributed by atoms with Gasteiger partial charge in [-0.2, -0.15) is 0 Å². The van der Waals surface area contributed by atoms with Crippen LogP contribution >= 0.6 is 22.6 Å². The fourth-order valence-electron chi connectivity index (χ4n) is 3.95. The summed E-state index contributed by atoms with van der Waals surface area (Å²) in [5.74, 6) is 0.791. The third-order valence-electron chi connectivity index (χ3n) is 6.01. The van der Waals surface area contributed by atoms with Crippen LogP contribution in [0.3, 0.4) is 0 Å². The molecule has 0 bridgehead atoms. The molecular formula is C32H37IN2. The second kappa shape index (κ2) is 15.5. The Bertz CT molecular complexity index is 1110. The third-order valence-corrected chi connectivity index (χ3v) is 6.91. The van der Waals surface area contributed by atoms with Crippen LogP contribution in [-0.2, 0) is 12.8 Å². The first-order chi connectivity index (χ1) is 17.2. The molecule has 0 amide bonds. The summed E-state index contributed by atoms with van der Waals surface area (Å²) in [6, 6.07) is 27.6. The summed E-state index contributed by atoms with van der Waals surface area (Å²) in [7, 11) is 0. The number of unbranched alkanes of at least 4 members (excludes halogenated alkanes) is 4. The number of benzene rings is 3. The fraction of sp³-hybridized carbons (Fsp3) is 0.312. The van der Waals surface area contributed by atoms with E-state index < -0.39 is 0 Å². The Hall–Kier alpha value is -2.53. The smallest absolute Gasteiger partial charge is 0.160 e. The standard InChI is InChI=1S/C21H21IN2.C11H16/c1-2-3-5-8-16-11-12-19(20(22)13-16)21-23-14-18(15-24-21)17-9-6-4-7-10-17;1-2-3-5-8-11-9-6-4-7-10-11/h4,6-7,9-15H,2-3,5,8H2,1H3;4,6-7,9-10H,2-3,5,8H2,1H3. The highest BCUT2D eigenvalue weighted by Crippen LogP contribution is 2.25. The van der Waals surface area contributed by atoms with Crippen LogP contribution in [0, 0.1) is 3.57 Å². The highest BCUT2D eigenvalue weighted by molar-refractivity contribution is 14.1. The molecule has 0 aliphatic rings. The number of hydrogen-bond acceptors (Lipinski definition) is 2. The summed E-state index contributed by atoms with van der Waals surface area (Å²) in [5, 5.41) is 0. The molecule has 0 N–H and O–H groups in total. The molecule has 35 heavy (non-hydrogen) atoms. The molecule has 1 heterocycles. The minimum Gasteiger partial charge on any atom is -0.236 e. The van der Waals surface area contributed by atoms with E-state index in [2.05, 4.69) is 107 Å². The average molecular weight is 577 g/mol. The lowest BCUT2D eigenvalue weighted by molar-refractivity contribution is 0.717. The lowest BCUT2D eigenvalue weighted by Gasteiger charge is -2.07. The van der Waals surface area contributed by atoms with Crippen molar-refractivity contribution >= 4 is 22.6 Å². The minimum atomic E-state index is 0.791. The Kier molecular flexibility index (Phi) is 12.0. The zero-order chi connectivity index (χ0) is 24.7. The van der Waals surface area contributed by atoms with Crippen molar-refractivity contribution in [2.45, 2.75) is 65.2 Å². The molecular weight excluding hydrogens is 539 g/mol. The van der Waals surface area contributed by atoms with Gasteiger partial charge in [0.2, 0.25) is 0 Å². The Morgan fingerprint density at radius 2 is 1.17 bits per heavy atom. The van der Waals surface area contributed by atoms with Gasteiger partial charge >= 0.3 is 0 Å². The molecule has 0 unspecified atom stereocenters. The number of rotatable bonds is 10. The molecule has 0 saturated heterocycles. The topological polar surface area (TPSA) is 25.8 Å². The van der Waals surface area contributed by atoms with Crippen LogP contribution in [0.5, 0.6) is 0 Å². The van der Waals surface area contributed by atoms with E-state index in [9.17, 15) is 0 Å². The van der Waals surface area contributed by atoms with Crippen molar-refractivity contribution in [3.05, 3.63) is 106 Å². The van der Waals surface area contributed by atoms with Gasteiger partial charge in [0.1, 0.15) is 0 Å². The first-order valence-electron chi connectivity index (χ1n) is 12.9. The maximum atomic E-state index is 4.58. The van der Waals surface area contributed by atoms with Crippen LogP contribution in [0.4, 0.5) is 0 Å². The number of nitrogens with zero attached hydrogens (tertiary/aromatic N) is 2. The molecule has 3 aromatic carbocycles. The molecule has 0 aliphatic heterocycles. The van der Waals surface area contributed by atoms with Gasteiger partial charge < -0.3 is 0 Å². The SMILES string of the molecule is CCCCCc1ccc(-c2ncc(-c3ccccc3)cn2)c(I)c1.CCCCCc1ccccc1. The fourth-order valence-corrected chi connectivity index (χ4v) is 4.77. The molecule has 4 aromatic rings. The molecule has 0 fully saturated rings. The number of halogens is 1. The minimum absolute atomic E-state index is 0.791. The van der Waals surface area contributed by atoms with E-state index in [0.717, 1.165) is 28.9 Å². The number of hydrogen-bond donors (Lipinski definition) is 0. The molecule has 1 aromatic heterocycles. The summed E-state index contributed by atoms with van der Waals surface area (Å²) in [6.07, 6.45) is 14.0. The summed E-state index contributed by atoms with van der Waals surface area (Å²) in [6.45, 7) is 4.48. The van der Waals surface area contributed by atoms with Crippen molar-refractivity contribution in [2.24, 2.45) is 0 Å². The summed E-state index contributed by atoms with van der Waals surface area (Å²) < 4.78 is 1.22. The van der Waals surface area contributed by atoms with Crippen LogP contribution in [0.1, 0.15) is 63.5 Å². The van der Waals surface area contributed by atoms with Gasteiger partial charge in [0.05, 0.1) is 0 Å². The molecule has 0 atom stereocenters. The van der Waals surface area contributed by atoms with Gasteiger partial charge in [0, 0.05) is 27.1 Å². The first kappa shape index (κ1) is 27.1. The van der Waals surface area contributed by atoms with E-state index in [4.69, 9.17) is 0 Å². The van der Waals surface area contributed by atoms with Crippen LogP contribution in [-0.4, -0.2) is 9.97 Å². The molecule has 3 heteroatoms. The third kappa shape index (κ3) is 9.21. The van der Waals surface area contributed by atoms with Crippen LogP contribution < -0.4 is 0 Å². The zero-order valence-electron chi connectivity index (χ0n) is 21.1. The van der Waals surface area contributed by atoms with E-state index in [0.29, 0.717) is 0 Å². The van der Waals surface area contributed by atoms with Crippen LogP contribution in [0.15, 0.2) is 91.3 Å². The second-order valence-electron chi connectivity index (χ2n) is 8.88. The normalized spacial score (nSPS) is 10.5. The maximum absolute atomic E-state index is 4.58. The summed E-state index contributed by atoms with van der Waals surface area (Å²) in [4.78, 5) is 9.15. The lowest BCUT2D eigenvalue weighted by atomic mass is 10.0. The van der Waals surface area contributed by atoms with Gasteiger partial charge in [-0.15, -0.1) is 0 Å². The Morgan fingerprint density at radius 1 is 0.600 bits per heavy atom. The Balaban J connectivity index is 0.000000261. The molecule has 0 saturated carbocycles. The molecule has 0 radical (unpaired) electrons. The van der Waals surface area contributed by atoms with Crippen molar-refractivity contribution < 1.29 is 0 Å². The quantitative estimate of drug-likeness (QED) is 0.139. The monoisotopic (exact) mass is 576 g/mol. The predicted octanol–water partition coefficient (Wildman–Crippen LogP) is 9.57. The van der Waals surface area contributed by atoms with Gasteiger partial charge in [0.25, 0.3) is 0 Å². The van der Waals surface area contributed by atoms with Crippen molar-refractivity contribution in [2.75, 3.05) is 0 Å². The van der Waals surface area contributed by atoms with Crippen molar-refractivity contribution in [3.63, 3.8) is 0 Å². The van der Waals surface area contributed by atoms with Crippen molar-refractivity contribution in [1.82, 2.24) is 9.97 Å². The predicted molar refractivity (Wildman–Crippen MR) is 159 cm³/mol. The van der Waals surface area contributed by atoms with E-state index in [1.165, 1.54) is 59.6 Å². The summed E-state index contributed by atoms with van der Waals surface area (Å²) in [5.41, 5.74) is 6.17. The highest BCUT2D eigenvalue weighted by Gasteiger charge is 2.08. The van der Waals surface area contributed by atoms with Crippen LogP contribution in [0.25, 0.3) is 22.5 Å². The lowest BCUT2D eigenvalue weighted by Crippen LogP contribution is -1.94. The Morgan fingerprint density at radius 3 is 1.74 bits per heavy atom. The average Bonchev–Trinajstić information content (AvgIpc) is 2.91. The van der Waals surface area contributed by atoms with Gasteiger partial charge in [-0.05, 0) is 77.1 Å². The van der Waals surface area contributed by atoms with Gasteiger partial charge in [-0.3, -0.25) is 0 Å². The van der Waals surface area contributed by atoms with Crippen molar-refractivity contribution in [1.29, 1.82) is 0 Å². The van der Waals surface area contributed by atoms with Gasteiger partial charge in [-0.25, -0.2) is 9.97 Å². The van der Waals surface area contributed by atoms with E-state index in [1.807, 2.05) is 30.6 Å². The van der Waals surface area contributed by atoms with Gasteiger partial charge in [0.15, 0.2) is 5.82 Å². The molecule has 182 valence electrons. The largest absolute Gasteiger partial charge is 0.236 e. The van der Waals surface area contributed by atoms with E-state index in [-0.39, 0.29) is 0 Å². The molecule has 0 aliphatic carbocycles. The Labute approximate surface area is 225 Å². The molecule has 2 nitrogen and oxygen atoms in total.